The van der Waals surface area contributed by atoms with Crippen molar-refractivity contribution in [1.29, 1.82) is 0 Å². The third kappa shape index (κ3) is 14.5. The van der Waals surface area contributed by atoms with Gasteiger partial charge in [0.2, 0.25) is 0 Å². The van der Waals surface area contributed by atoms with Crippen molar-refractivity contribution in [2.24, 2.45) is 3.50 Å². The molecule has 0 fully saturated rings. The number of aromatic nitrogens is 1. The average Bonchev–Trinajstić information content (AvgIpc) is 3.49. The Kier molecular flexibility index (Phi) is 21.1. The van der Waals surface area contributed by atoms with E-state index in [1.165, 1.54) is 100.0 Å². The van der Waals surface area contributed by atoms with E-state index in [2.05, 4.69) is 133 Å². The summed E-state index contributed by atoms with van der Waals surface area (Å²) in [6, 6.07) is 15.0. The van der Waals surface area contributed by atoms with E-state index >= 15 is 0 Å². The SMILES string of the molecule is CC(C)(C)c1c(Br)cc2c(c1-c1c(O)c(Br)cc3c1CCCC3)CCCC2.CC(C)c1cccc(C(C)C)c1[N]=[W].C[Si](C)=O.Cc1ccc(C)[n-]1.[CH2-]C[CH2-]. The van der Waals surface area contributed by atoms with E-state index in [0.717, 1.165) is 53.5 Å². The summed E-state index contributed by atoms with van der Waals surface area (Å²) in [4.78, 5) is 4.11. The Labute approximate surface area is 364 Å². The second kappa shape index (κ2) is 23.6. The van der Waals surface area contributed by atoms with E-state index in [1.807, 2.05) is 26.0 Å². The van der Waals surface area contributed by atoms with Crippen molar-refractivity contribution in [2.75, 3.05) is 0 Å². The Morgan fingerprint density at radius 2 is 1.20 bits per heavy atom. The molecule has 4 aromatic rings. The van der Waals surface area contributed by atoms with Crippen molar-refractivity contribution < 1.29 is 29.2 Å². The summed E-state index contributed by atoms with van der Waals surface area (Å²) >= 11 is 8.84. The molecule has 0 spiro atoms. The van der Waals surface area contributed by atoms with Crippen molar-refractivity contribution >= 4 is 46.2 Å². The van der Waals surface area contributed by atoms with Crippen LogP contribution in [0.5, 0.6) is 5.75 Å². The Bertz CT molecular complexity index is 1830. The fourth-order valence-corrected chi connectivity index (χ4v) is 9.52. The number of halogens is 2. The molecule has 1 aromatic heterocycles. The number of aromatic hydroxyl groups is 1. The zero-order chi connectivity index (χ0) is 41.6. The van der Waals surface area contributed by atoms with Crippen LogP contribution in [0.1, 0.15) is 143 Å². The van der Waals surface area contributed by atoms with Gasteiger partial charge in [-0.15, -0.1) is 0 Å². The van der Waals surface area contributed by atoms with Crippen LogP contribution in [0, 0.1) is 27.7 Å². The first-order valence-corrected chi connectivity index (χ1v) is 25.1. The van der Waals surface area contributed by atoms with Gasteiger partial charge in [0.15, 0.2) is 0 Å². The van der Waals surface area contributed by atoms with Gasteiger partial charge >= 0.3 is 97.7 Å². The molecule has 6 rings (SSSR count). The van der Waals surface area contributed by atoms with Gasteiger partial charge in [-0.05, 0) is 131 Å². The predicted molar refractivity (Wildman–Crippen MR) is 240 cm³/mol. The van der Waals surface area contributed by atoms with Gasteiger partial charge in [0.05, 0.1) is 4.47 Å². The van der Waals surface area contributed by atoms with Crippen LogP contribution in [-0.4, -0.2) is 13.8 Å². The van der Waals surface area contributed by atoms with Crippen molar-refractivity contribution in [3.05, 3.63) is 116 Å². The van der Waals surface area contributed by atoms with Gasteiger partial charge in [-0.1, -0.05) is 62.7 Å². The molecule has 0 saturated carbocycles. The normalized spacial score (nSPS) is 13.0. The first-order valence-electron chi connectivity index (χ1n) is 19.8. The molecular weight excluding hydrogens is 996 g/mol. The number of nitrogens with zero attached hydrogens (tertiary/aromatic N) is 2. The van der Waals surface area contributed by atoms with Gasteiger partial charge in [0, 0.05) is 10.0 Å². The quantitative estimate of drug-likeness (QED) is 0.164. The Morgan fingerprint density at radius 1 is 0.800 bits per heavy atom. The standard InChI is InChI=1S/C24H28Br2O.C12H17N.C6H8N.C3H6.C2H6OSi.W/c1-24(2,3)22-18(25)12-14-8-4-6-10-16(14)20(22)21-17-11-7-5-9-15(17)13-19(26)23(21)27;1-8(2)10-6-5-7-11(9(3)4)12(10)13;1-5-3-4-6(2)7-5;1-3-2;1-4(2)3;/h12-13,27H,4-11H2,1-3H3;5-9H,1-4H3;3-4H,1-2H3;1-3H2;1-2H3;/q;;-1;-2;;. The second-order valence-corrected chi connectivity index (χ2v) is 20.5. The van der Waals surface area contributed by atoms with Crippen LogP contribution in [-0.2, 0) is 55.2 Å². The van der Waals surface area contributed by atoms with Gasteiger partial charge in [-0.2, -0.15) is 11.4 Å². The van der Waals surface area contributed by atoms with Crippen molar-refractivity contribution in [3.63, 3.8) is 0 Å². The van der Waals surface area contributed by atoms with E-state index in [9.17, 15) is 9.57 Å². The maximum atomic E-state index is 11.2. The predicted octanol–water partition coefficient (Wildman–Crippen LogP) is 14.9. The summed E-state index contributed by atoms with van der Waals surface area (Å²) in [6.07, 6.45) is 10.1. The number of rotatable bonds is 4. The first-order chi connectivity index (χ1) is 25.8. The van der Waals surface area contributed by atoms with Gasteiger partial charge in [-0.25, -0.2) is 0 Å². The smallest absolute Gasteiger partial charge is 0.270 e. The largest absolute Gasteiger partial charge is 0.665 e. The molecule has 3 aromatic carbocycles. The summed E-state index contributed by atoms with van der Waals surface area (Å²) in [5.74, 6) is 1.55. The van der Waals surface area contributed by atoms with Crippen LogP contribution < -0.4 is 4.98 Å². The number of aryl methyl sites for hydroxylation is 4. The average molecular weight is 1060 g/mol. The molecule has 2 aliphatic rings. The summed E-state index contributed by atoms with van der Waals surface area (Å²) < 4.78 is 16.2. The van der Waals surface area contributed by atoms with Gasteiger partial charge < -0.3 is 34.8 Å². The number of benzene rings is 3. The van der Waals surface area contributed by atoms with Crippen LogP contribution >= 0.6 is 31.9 Å². The number of fused-ring (bicyclic) bond motifs is 2. The first kappa shape index (κ1) is 49.4. The molecule has 4 nitrogen and oxygen atoms in total. The van der Waals surface area contributed by atoms with Crippen LogP contribution in [0.2, 0.25) is 13.1 Å². The molecule has 1 heterocycles. The van der Waals surface area contributed by atoms with E-state index in [0.29, 0.717) is 17.6 Å². The molecule has 8 heteroatoms. The zero-order valence-electron chi connectivity index (χ0n) is 35.4. The monoisotopic (exact) mass is 1060 g/mol. The van der Waals surface area contributed by atoms with Gasteiger partial charge in [-0.3, -0.25) is 0 Å². The molecule has 0 saturated heterocycles. The number of phenols is 1. The number of hydrogen-bond acceptors (Lipinski definition) is 3. The van der Waals surface area contributed by atoms with Gasteiger partial charge in [0.1, 0.15) is 5.75 Å². The third-order valence-electron chi connectivity index (χ3n) is 9.53. The minimum atomic E-state index is -1.13. The minimum absolute atomic E-state index is 0.00302. The topological polar surface area (TPSA) is 63.8 Å². The molecular formula is C47H65Br2N2O2SiW-3. The number of phenolic OH excluding ortho intramolecular Hbond substituents is 1. The van der Waals surface area contributed by atoms with Crippen LogP contribution in [0.25, 0.3) is 11.1 Å². The molecule has 0 radical (unpaired) electrons. The zero-order valence-corrected chi connectivity index (χ0v) is 42.5. The van der Waals surface area contributed by atoms with Crippen molar-refractivity contribution in [1.82, 2.24) is 4.98 Å². The molecule has 0 unspecified atom stereocenters. The van der Waals surface area contributed by atoms with Crippen LogP contribution in [0.3, 0.4) is 0 Å². The van der Waals surface area contributed by atoms with Crippen molar-refractivity contribution in [2.45, 2.75) is 150 Å². The Hall–Kier alpha value is -1.79. The van der Waals surface area contributed by atoms with E-state index < -0.39 is 8.68 Å². The molecule has 0 amide bonds. The van der Waals surface area contributed by atoms with Crippen molar-refractivity contribution in [3.8, 4) is 16.9 Å². The molecule has 0 bridgehead atoms. The Balaban J connectivity index is 0.000000309. The summed E-state index contributed by atoms with van der Waals surface area (Å²) in [6.45, 7) is 29.9. The molecule has 0 atom stereocenters. The molecule has 0 aliphatic heterocycles. The van der Waals surface area contributed by atoms with Crippen LogP contribution in [0.15, 0.2) is 54.9 Å². The molecule has 302 valence electrons. The Morgan fingerprint density at radius 3 is 1.56 bits per heavy atom. The third-order valence-corrected chi connectivity index (χ3v) is 11.4. The molecule has 2 aliphatic carbocycles. The summed E-state index contributed by atoms with van der Waals surface area (Å²) in [7, 11) is -1.13. The summed E-state index contributed by atoms with van der Waals surface area (Å²) in [5.41, 5.74) is 15.7. The maximum Gasteiger partial charge on any atom is 0.270 e. The fourth-order valence-electron chi connectivity index (χ4n) is 7.22. The summed E-state index contributed by atoms with van der Waals surface area (Å²) in [5, 5.41) is 11.2. The molecule has 1 N–H and O–H groups in total. The van der Waals surface area contributed by atoms with E-state index in [1.54, 1.807) is 13.1 Å². The van der Waals surface area contributed by atoms with Gasteiger partial charge in [0.25, 0.3) is 8.68 Å². The second-order valence-electron chi connectivity index (χ2n) is 16.3. The minimum Gasteiger partial charge on any atom is -0.665 e. The van der Waals surface area contributed by atoms with Crippen LogP contribution in [0.4, 0.5) is 5.69 Å². The molecule has 55 heavy (non-hydrogen) atoms. The maximum absolute atomic E-state index is 11.2. The van der Waals surface area contributed by atoms with E-state index in [4.69, 9.17) is 0 Å². The fraction of sp³-hybridized carbons (Fsp3) is 0.489. The van der Waals surface area contributed by atoms with E-state index in [-0.39, 0.29) is 5.41 Å². The number of hydrogen-bond donors (Lipinski definition) is 1.